The third-order valence-corrected chi connectivity index (χ3v) is 6.53. The van der Waals surface area contributed by atoms with E-state index in [0.717, 1.165) is 17.8 Å². The topological polar surface area (TPSA) is 58.2 Å². The fraction of sp³-hybridized carbons (Fsp3) is 0.0714. The average Bonchev–Trinajstić information content (AvgIpc) is 2.88. The van der Waals surface area contributed by atoms with E-state index in [4.69, 9.17) is 0 Å². The zero-order valence-corrected chi connectivity index (χ0v) is 19.9. The van der Waals surface area contributed by atoms with Gasteiger partial charge in [0.15, 0.2) is 0 Å². The summed E-state index contributed by atoms with van der Waals surface area (Å²) in [6.45, 7) is 0. The average molecular weight is 525 g/mol. The van der Waals surface area contributed by atoms with Gasteiger partial charge < -0.3 is 10.6 Å². The third kappa shape index (κ3) is 6.77. The Morgan fingerprint density at radius 2 is 1.43 bits per heavy atom. The Balaban J connectivity index is 1.57. The summed E-state index contributed by atoms with van der Waals surface area (Å²) in [5.74, 6) is -1.53. The van der Waals surface area contributed by atoms with Gasteiger partial charge in [0.2, 0.25) is 5.91 Å². The fourth-order valence-corrected chi connectivity index (χ4v) is 4.61. The summed E-state index contributed by atoms with van der Waals surface area (Å²) in [4.78, 5) is 26.4. The summed E-state index contributed by atoms with van der Waals surface area (Å²) in [6.07, 6.45) is -4.63. The predicted molar refractivity (Wildman–Crippen MR) is 136 cm³/mol. The van der Waals surface area contributed by atoms with E-state index >= 15 is 0 Å². The zero-order valence-electron chi connectivity index (χ0n) is 19.1. The molecule has 4 rings (SSSR count). The molecule has 4 aromatic rings. The van der Waals surface area contributed by atoms with Crippen LogP contribution < -0.4 is 10.6 Å². The molecular weight excluding hydrogens is 504 g/mol. The second-order valence-electron chi connectivity index (χ2n) is 7.93. The van der Waals surface area contributed by atoms with Crippen molar-refractivity contribution in [3.8, 4) is 0 Å². The van der Waals surface area contributed by atoms with Crippen LogP contribution in [-0.4, -0.2) is 11.8 Å². The molecular formula is C28H20F4N2O2S. The molecule has 0 aliphatic rings. The number of alkyl halides is 3. The van der Waals surface area contributed by atoms with Crippen LogP contribution in [0.25, 0.3) is 0 Å². The molecule has 188 valence electrons. The minimum absolute atomic E-state index is 0.268. The lowest BCUT2D eigenvalue weighted by Crippen LogP contribution is -2.21. The molecule has 0 radical (unpaired) electrons. The number of benzene rings is 4. The molecule has 0 heterocycles. The van der Waals surface area contributed by atoms with Gasteiger partial charge in [0.05, 0.1) is 11.3 Å². The first-order chi connectivity index (χ1) is 17.7. The standard InChI is InChI=1S/C28H20F4N2O2S/c29-20-15-13-19(14-16-20)26(35)33-21-9-6-10-22(17-21)37-25(18-7-2-1-3-8-18)27(36)34-24-12-5-4-11-23(24)28(30,31)32/h1-17,25H,(H,33,35)(H,34,36). The van der Waals surface area contributed by atoms with Crippen LogP contribution >= 0.6 is 11.8 Å². The van der Waals surface area contributed by atoms with Crippen LogP contribution in [0.1, 0.15) is 26.7 Å². The van der Waals surface area contributed by atoms with Gasteiger partial charge in [-0.05, 0) is 60.2 Å². The Labute approximate surface area is 214 Å². The number of para-hydroxylation sites is 1. The molecule has 1 unspecified atom stereocenters. The molecule has 0 bridgehead atoms. The van der Waals surface area contributed by atoms with Gasteiger partial charge in [0.25, 0.3) is 5.91 Å². The number of halogens is 4. The number of rotatable bonds is 7. The van der Waals surface area contributed by atoms with E-state index in [1.54, 1.807) is 54.6 Å². The smallest absolute Gasteiger partial charge is 0.324 e. The molecule has 9 heteroatoms. The predicted octanol–water partition coefficient (Wildman–Crippen LogP) is 7.57. The van der Waals surface area contributed by atoms with Crippen molar-refractivity contribution in [3.63, 3.8) is 0 Å². The molecule has 0 fully saturated rings. The van der Waals surface area contributed by atoms with E-state index in [9.17, 15) is 27.2 Å². The maximum Gasteiger partial charge on any atom is 0.418 e. The number of amides is 2. The van der Waals surface area contributed by atoms with Crippen molar-refractivity contribution in [3.05, 3.63) is 126 Å². The summed E-state index contributed by atoms with van der Waals surface area (Å²) >= 11 is 1.13. The second kappa shape index (κ2) is 11.3. The normalized spacial score (nSPS) is 12.0. The zero-order chi connectivity index (χ0) is 26.4. The van der Waals surface area contributed by atoms with E-state index in [1.807, 2.05) is 0 Å². The van der Waals surface area contributed by atoms with Crippen molar-refractivity contribution in [2.75, 3.05) is 10.6 Å². The van der Waals surface area contributed by atoms with Gasteiger partial charge >= 0.3 is 6.18 Å². The van der Waals surface area contributed by atoms with E-state index < -0.39 is 34.6 Å². The number of carbonyl (C=O) groups excluding carboxylic acids is 2. The van der Waals surface area contributed by atoms with Crippen molar-refractivity contribution in [2.45, 2.75) is 16.3 Å². The Bertz CT molecular complexity index is 1390. The monoisotopic (exact) mass is 524 g/mol. The van der Waals surface area contributed by atoms with Crippen molar-refractivity contribution in [2.24, 2.45) is 0 Å². The maximum atomic E-state index is 13.5. The van der Waals surface area contributed by atoms with Crippen LogP contribution in [0.2, 0.25) is 0 Å². The summed E-state index contributed by atoms with van der Waals surface area (Å²) in [6, 6.07) is 25.3. The molecule has 0 saturated heterocycles. The second-order valence-corrected chi connectivity index (χ2v) is 9.11. The molecule has 0 aromatic heterocycles. The van der Waals surface area contributed by atoms with Gasteiger partial charge in [-0.25, -0.2) is 4.39 Å². The highest BCUT2D eigenvalue weighted by atomic mass is 32.2. The highest BCUT2D eigenvalue weighted by Gasteiger charge is 2.34. The summed E-state index contributed by atoms with van der Waals surface area (Å²) in [5, 5.41) is 4.27. The lowest BCUT2D eigenvalue weighted by molar-refractivity contribution is -0.137. The molecule has 0 saturated carbocycles. The van der Waals surface area contributed by atoms with E-state index in [2.05, 4.69) is 10.6 Å². The van der Waals surface area contributed by atoms with Gasteiger partial charge in [-0.3, -0.25) is 9.59 Å². The SMILES string of the molecule is O=C(Nc1cccc(SC(C(=O)Nc2ccccc2C(F)(F)F)c2ccccc2)c1)c1ccc(F)cc1. The largest absolute Gasteiger partial charge is 0.418 e. The van der Waals surface area contributed by atoms with Gasteiger partial charge in [-0.1, -0.05) is 48.5 Å². The molecule has 4 aromatic carbocycles. The summed E-state index contributed by atoms with van der Waals surface area (Å²) in [5.41, 5.74) is 0.0287. The number of anilines is 2. The van der Waals surface area contributed by atoms with E-state index in [0.29, 0.717) is 16.1 Å². The van der Waals surface area contributed by atoms with Gasteiger partial charge in [0, 0.05) is 16.1 Å². The fourth-order valence-electron chi connectivity index (χ4n) is 3.53. The van der Waals surface area contributed by atoms with Gasteiger partial charge in [0.1, 0.15) is 11.1 Å². The van der Waals surface area contributed by atoms with E-state index in [-0.39, 0.29) is 11.3 Å². The number of thioether (sulfide) groups is 1. The maximum absolute atomic E-state index is 13.5. The number of nitrogens with one attached hydrogen (secondary N) is 2. The third-order valence-electron chi connectivity index (χ3n) is 5.28. The Morgan fingerprint density at radius 1 is 0.757 bits per heavy atom. The molecule has 4 nitrogen and oxygen atoms in total. The molecule has 37 heavy (non-hydrogen) atoms. The quantitative estimate of drug-likeness (QED) is 0.194. The lowest BCUT2D eigenvalue weighted by Gasteiger charge is -2.19. The first kappa shape index (κ1) is 26.0. The van der Waals surface area contributed by atoms with Gasteiger partial charge in [-0.15, -0.1) is 11.8 Å². The first-order valence-corrected chi connectivity index (χ1v) is 11.9. The summed E-state index contributed by atoms with van der Waals surface area (Å²) < 4.78 is 53.5. The molecule has 0 aliphatic heterocycles. The number of hydrogen-bond donors (Lipinski definition) is 2. The van der Waals surface area contributed by atoms with Crippen molar-refractivity contribution >= 4 is 35.0 Å². The minimum Gasteiger partial charge on any atom is -0.324 e. The van der Waals surface area contributed by atoms with Crippen molar-refractivity contribution in [1.29, 1.82) is 0 Å². The summed E-state index contributed by atoms with van der Waals surface area (Å²) in [7, 11) is 0. The van der Waals surface area contributed by atoms with Crippen molar-refractivity contribution in [1.82, 2.24) is 0 Å². The van der Waals surface area contributed by atoms with Crippen LogP contribution in [0, 0.1) is 5.82 Å². The highest BCUT2D eigenvalue weighted by Crippen LogP contribution is 2.39. The molecule has 2 N–H and O–H groups in total. The Kier molecular flexibility index (Phi) is 7.93. The molecule has 2 amide bonds. The molecule has 1 atom stereocenters. The number of hydrogen-bond acceptors (Lipinski definition) is 3. The van der Waals surface area contributed by atoms with Crippen LogP contribution in [0.4, 0.5) is 28.9 Å². The molecule has 0 spiro atoms. The number of carbonyl (C=O) groups is 2. The minimum atomic E-state index is -4.63. The van der Waals surface area contributed by atoms with Gasteiger partial charge in [-0.2, -0.15) is 13.2 Å². The van der Waals surface area contributed by atoms with Crippen LogP contribution in [0.3, 0.4) is 0 Å². The lowest BCUT2D eigenvalue weighted by atomic mass is 10.1. The van der Waals surface area contributed by atoms with Crippen LogP contribution in [-0.2, 0) is 11.0 Å². The highest BCUT2D eigenvalue weighted by molar-refractivity contribution is 8.00. The van der Waals surface area contributed by atoms with Crippen LogP contribution in [0.15, 0.2) is 108 Å². The van der Waals surface area contributed by atoms with Crippen molar-refractivity contribution < 1.29 is 27.2 Å². The van der Waals surface area contributed by atoms with Crippen LogP contribution in [0.5, 0.6) is 0 Å². The Morgan fingerprint density at radius 3 is 2.14 bits per heavy atom. The first-order valence-electron chi connectivity index (χ1n) is 11.1. The Hall–Kier alpha value is -4.11. The molecule has 0 aliphatic carbocycles. The van der Waals surface area contributed by atoms with E-state index in [1.165, 1.54) is 42.5 Å².